The molecule has 1 aromatic carbocycles. The van der Waals surface area contributed by atoms with Crippen molar-refractivity contribution in [1.82, 2.24) is 0 Å². The monoisotopic (exact) mass is 269 g/mol. The fraction of sp³-hybridized carbons (Fsp3) is 0.571. The maximum absolute atomic E-state index is 11.7. The Morgan fingerprint density at radius 3 is 2.78 bits per heavy atom. The van der Waals surface area contributed by atoms with E-state index in [2.05, 4.69) is 13.8 Å². The fourth-order valence-electron chi connectivity index (χ4n) is 1.48. The largest absolute Gasteiger partial charge is 0.493 e. The summed E-state index contributed by atoms with van der Waals surface area (Å²) in [5.74, 6) is 2.78. The SMILES string of the molecule is CC(C)CCS(=O)CCOc1cccc(CN)c1. The molecule has 2 N–H and O–H groups in total. The van der Waals surface area contributed by atoms with Crippen molar-refractivity contribution in [3.05, 3.63) is 29.8 Å². The van der Waals surface area contributed by atoms with E-state index < -0.39 is 10.8 Å². The number of benzene rings is 1. The Labute approximate surface area is 112 Å². The molecule has 0 heterocycles. The zero-order valence-corrected chi connectivity index (χ0v) is 12.0. The molecule has 0 aliphatic heterocycles. The van der Waals surface area contributed by atoms with Crippen LogP contribution in [-0.4, -0.2) is 22.3 Å². The van der Waals surface area contributed by atoms with Crippen molar-refractivity contribution in [2.24, 2.45) is 11.7 Å². The first-order chi connectivity index (χ1) is 8.61. The molecule has 3 nitrogen and oxygen atoms in total. The summed E-state index contributed by atoms with van der Waals surface area (Å²) < 4.78 is 17.2. The molecule has 0 aliphatic carbocycles. The Morgan fingerprint density at radius 2 is 2.11 bits per heavy atom. The van der Waals surface area contributed by atoms with Gasteiger partial charge in [0.2, 0.25) is 0 Å². The van der Waals surface area contributed by atoms with Gasteiger partial charge in [-0.2, -0.15) is 0 Å². The predicted molar refractivity (Wildman–Crippen MR) is 77.2 cm³/mol. The average Bonchev–Trinajstić information content (AvgIpc) is 2.36. The van der Waals surface area contributed by atoms with Gasteiger partial charge in [-0.3, -0.25) is 4.21 Å². The molecule has 1 aromatic rings. The van der Waals surface area contributed by atoms with E-state index in [4.69, 9.17) is 10.5 Å². The molecule has 0 saturated carbocycles. The highest BCUT2D eigenvalue weighted by atomic mass is 32.2. The van der Waals surface area contributed by atoms with Crippen molar-refractivity contribution in [3.8, 4) is 5.75 Å². The van der Waals surface area contributed by atoms with Gasteiger partial charge in [0.1, 0.15) is 5.75 Å². The highest BCUT2D eigenvalue weighted by Gasteiger charge is 2.03. The second-order valence-corrected chi connectivity index (χ2v) is 6.43. The van der Waals surface area contributed by atoms with E-state index in [0.29, 0.717) is 24.8 Å². The van der Waals surface area contributed by atoms with E-state index in [1.807, 2.05) is 24.3 Å². The van der Waals surface area contributed by atoms with Crippen molar-refractivity contribution >= 4 is 10.8 Å². The average molecular weight is 269 g/mol. The zero-order chi connectivity index (χ0) is 13.4. The third-order valence-electron chi connectivity index (χ3n) is 2.64. The quantitative estimate of drug-likeness (QED) is 0.788. The molecule has 0 saturated heterocycles. The Hall–Kier alpha value is -0.870. The van der Waals surface area contributed by atoms with Crippen LogP contribution in [-0.2, 0) is 17.3 Å². The number of hydrogen-bond acceptors (Lipinski definition) is 3. The van der Waals surface area contributed by atoms with Gasteiger partial charge < -0.3 is 10.5 Å². The lowest BCUT2D eigenvalue weighted by Gasteiger charge is -2.08. The van der Waals surface area contributed by atoms with Crippen LogP contribution in [0.1, 0.15) is 25.8 Å². The minimum absolute atomic E-state index is 0.499. The molecule has 1 atom stereocenters. The van der Waals surface area contributed by atoms with Gasteiger partial charge in [0.15, 0.2) is 0 Å². The lowest BCUT2D eigenvalue weighted by molar-refractivity contribution is 0.342. The van der Waals surface area contributed by atoms with Crippen LogP contribution in [0.5, 0.6) is 5.75 Å². The van der Waals surface area contributed by atoms with E-state index in [1.165, 1.54) is 0 Å². The van der Waals surface area contributed by atoms with E-state index in [-0.39, 0.29) is 0 Å². The van der Waals surface area contributed by atoms with Crippen LogP contribution in [0, 0.1) is 5.92 Å². The molecule has 0 aliphatic rings. The smallest absolute Gasteiger partial charge is 0.119 e. The summed E-state index contributed by atoms with van der Waals surface area (Å²) in [5.41, 5.74) is 6.61. The Kier molecular flexibility index (Phi) is 6.98. The summed E-state index contributed by atoms with van der Waals surface area (Å²) in [6.07, 6.45) is 1.01. The first-order valence-electron chi connectivity index (χ1n) is 6.38. The molecular weight excluding hydrogens is 246 g/mol. The Balaban J connectivity index is 2.26. The van der Waals surface area contributed by atoms with Gasteiger partial charge in [-0.05, 0) is 30.0 Å². The highest BCUT2D eigenvalue weighted by Crippen LogP contribution is 2.12. The zero-order valence-electron chi connectivity index (χ0n) is 11.2. The van der Waals surface area contributed by atoms with Gasteiger partial charge in [-0.25, -0.2) is 0 Å². The number of ether oxygens (including phenoxy) is 1. The number of hydrogen-bond donors (Lipinski definition) is 1. The molecule has 4 heteroatoms. The molecule has 0 amide bonds. The van der Waals surface area contributed by atoms with Crippen LogP contribution in [0.25, 0.3) is 0 Å². The van der Waals surface area contributed by atoms with Crippen LogP contribution in [0.15, 0.2) is 24.3 Å². The maximum Gasteiger partial charge on any atom is 0.119 e. The second-order valence-electron chi connectivity index (χ2n) is 4.73. The normalized spacial score (nSPS) is 12.7. The van der Waals surface area contributed by atoms with Gasteiger partial charge in [0.25, 0.3) is 0 Å². The third kappa shape index (κ3) is 6.17. The summed E-state index contributed by atoms with van der Waals surface area (Å²) in [7, 11) is -0.771. The number of nitrogens with two attached hydrogens (primary N) is 1. The van der Waals surface area contributed by atoms with Gasteiger partial charge >= 0.3 is 0 Å². The van der Waals surface area contributed by atoms with Crippen LogP contribution in [0.4, 0.5) is 0 Å². The molecule has 0 spiro atoms. The van der Waals surface area contributed by atoms with Crippen LogP contribution < -0.4 is 10.5 Å². The van der Waals surface area contributed by atoms with Crippen LogP contribution in [0.2, 0.25) is 0 Å². The topological polar surface area (TPSA) is 52.3 Å². The Morgan fingerprint density at radius 1 is 1.33 bits per heavy atom. The molecule has 102 valence electrons. The molecule has 0 bridgehead atoms. The van der Waals surface area contributed by atoms with Gasteiger partial charge in [0, 0.05) is 23.1 Å². The molecule has 1 rings (SSSR count). The lowest BCUT2D eigenvalue weighted by atomic mass is 10.2. The number of rotatable bonds is 8. The molecule has 18 heavy (non-hydrogen) atoms. The van der Waals surface area contributed by atoms with E-state index in [1.54, 1.807) is 0 Å². The van der Waals surface area contributed by atoms with E-state index in [0.717, 1.165) is 23.5 Å². The minimum atomic E-state index is -0.771. The molecular formula is C14H23NO2S. The first-order valence-corrected chi connectivity index (χ1v) is 7.87. The first kappa shape index (κ1) is 15.2. The minimum Gasteiger partial charge on any atom is -0.493 e. The molecule has 0 fully saturated rings. The molecule has 1 unspecified atom stereocenters. The lowest BCUT2D eigenvalue weighted by Crippen LogP contribution is -2.12. The Bertz CT molecular complexity index is 380. The fourth-order valence-corrected chi connectivity index (χ4v) is 2.69. The van der Waals surface area contributed by atoms with Crippen molar-refractivity contribution in [3.63, 3.8) is 0 Å². The van der Waals surface area contributed by atoms with Crippen molar-refractivity contribution in [2.45, 2.75) is 26.8 Å². The highest BCUT2D eigenvalue weighted by molar-refractivity contribution is 7.84. The molecule has 0 aromatic heterocycles. The third-order valence-corrected chi connectivity index (χ3v) is 3.95. The van der Waals surface area contributed by atoms with E-state index >= 15 is 0 Å². The van der Waals surface area contributed by atoms with Gasteiger partial charge in [-0.1, -0.05) is 26.0 Å². The summed E-state index contributed by atoms with van der Waals surface area (Å²) in [5, 5.41) is 0. The van der Waals surface area contributed by atoms with Crippen LogP contribution in [0.3, 0.4) is 0 Å². The summed E-state index contributed by atoms with van der Waals surface area (Å²) >= 11 is 0. The summed E-state index contributed by atoms with van der Waals surface area (Å²) in [6.45, 7) is 5.30. The standard InChI is InChI=1S/C14H23NO2S/c1-12(2)6-8-18(16)9-7-17-14-5-3-4-13(10-14)11-15/h3-5,10,12H,6-9,11,15H2,1-2H3. The predicted octanol–water partition coefficient (Wildman–Crippen LogP) is 2.32. The summed E-state index contributed by atoms with van der Waals surface area (Å²) in [4.78, 5) is 0. The van der Waals surface area contributed by atoms with Crippen molar-refractivity contribution in [1.29, 1.82) is 0 Å². The van der Waals surface area contributed by atoms with Crippen LogP contribution >= 0.6 is 0 Å². The van der Waals surface area contributed by atoms with E-state index in [9.17, 15) is 4.21 Å². The van der Waals surface area contributed by atoms with Crippen molar-refractivity contribution in [2.75, 3.05) is 18.1 Å². The maximum atomic E-state index is 11.7. The van der Waals surface area contributed by atoms with Crippen molar-refractivity contribution < 1.29 is 8.95 Å². The second kappa shape index (κ2) is 8.27. The molecule has 0 radical (unpaired) electrons. The van der Waals surface area contributed by atoms with Gasteiger partial charge in [-0.15, -0.1) is 0 Å². The summed E-state index contributed by atoms with van der Waals surface area (Å²) in [6, 6.07) is 7.72. The van der Waals surface area contributed by atoms with Gasteiger partial charge in [0.05, 0.1) is 12.4 Å².